The molecule has 2 heterocycles. The first-order valence-electron chi connectivity index (χ1n) is 6.48. The van der Waals surface area contributed by atoms with Gasteiger partial charge in [-0.25, -0.2) is 0 Å². The first-order valence-corrected chi connectivity index (χ1v) is 6.48. The number of ether oxygens (including phenoxy) is 1. The number of fused-ring (bicyclic) bond motifs is 1. The number of carboxylic acids is 1. The maximum absolute atomic E-state index is 11.0. The first kappa shape index (κ1) is 11.5. The lowest BCUT2D eigenvalue weighted by Crippen LogP contribution is -2.42. The fourth-order valence-corrected chi connectivity index (χ4v) is 2.79. The van der Waals surface area contributed by atoms with Crippen molar-refractivity contribution in [2.75, 3.05) is 6.61 Å². The Labute approximate surface area is 106 Å². The number of rotatable bonds is 2. The van der Waals surface area contributed by atoms with E-state index in [1.165, 1.54) is 5.56 Å². The molecule has 18 heavy (non-hydrogen) atoms. The van der Waals surface area contributed by atoms with Gasteiger partial charge in [-0.2, -0.15) is 0 Å². The van der Waals surface area contributed by atoms with Crippen molar-refractivity contribution in [1.29, 1.82) is 0 Å². The summed E-state index contributed by atoms with van der Waals surface area (Å²) in [5.41, 5.74) is 2.39. The lowest BCUT2D eigenvalue weighted by Gasteiger charge is -2.29. The van der Waals surface area contributed by atoms with Crippen LogP contribution >= 0.6 is 0 Å². The van der Waals surface area contributed by atoms with E-state index in [9.17, 15) is 4.79 Å². The highest BCUT2D eigenvalue weighted by molar-refractivity contribution is 5.73. The average molecular weight is 247 g/mol. The molecule has 96 valence electrons. The Morgan fingerprint density at radius 3 is 3.11 bits per heavy atom. The normalized spacial score (nSPS) is 26.4. The van der Waals surface area contributed by atoms with Gasteiger partial charge in [0.15, 0.2) is 0 Å². The van der Waals surface area contributed by atoms with Crippen molar-refractivity contribution >= 4 is 5.97 Å². The molecule has 0 saturated carbocycles. The smallest absolute Gasteiger partial charge is 0.320 e. The summed E-state index contributed by atoms with van der Waals surface area (Å²) >= 11 is 0. The molecule has 1 aromatic rings. The fraction of sp³-hybridized carbons (Fsp3) is 0.500. The summed E-state index contributed by atoms with van der Waals surface area (Å²) in [7, 11) is 0. The third kappa shape index (κ3) is 2.08. The van der Waals surface area contributed by atoms with Crippen LogP contribution in [0.1, 0.15) is 36.4 Å². The lowest BCUT2D eigenvalue weighted by atomic mass is 9.92. The highest BCUT2D eigenvalue weighted by Gasteiger charge is 2.27. The number of carboxylic acid groups (broad SMARTS) is 1. The molecule has 0 radical (unpaired) electrons. The van der Waals surface area contributed by atoms with Gasteiger partial charge in [-0.15, -0.1) is 0 Å². The maximum Gasteiger partial charge on any atom is 0.320 e. The van der Waals surface area contributed by atoms with Gasteiger partial charge in [-0.3, -0.25) is 10.1 Å². The van der Waals surface area contributed by atoms with Crippen LogP contribution in [0.15, 0.2) is 18.2 Å². The summed E-state index contributed by atoms with van der Waals surface area (Å²) in [6.45, 7) is 0.759. The molecule has 0 aromatic heterocycles. The van der Waals surface area contributed by atoms with Gasteiger partial charge in [0.2, 0.25) is 0 Å². The minimum atomic E-state index is -0.753. The molecule has 2 N–H and O–H groups in total. The molecule has 2 atom stereocenters. The Bertz CT molecular complexity index is 472. The first-order chi connectivity index (χ1) is 8.74. The predicted octanol–water partition coefficient (Wildman–Crippen LogP) is 1.89. The van der Waals surface area contributed by atoms with E-state index in [0.29, 0.717) is 6.42 Å². The molecular weight excluding hydrogens is 230 g/mol. The van der Waals surface area contributed by atoms with Crippen LogP contribution in [0.2, 0.25) is 0 Å². The summed E-state index contributed by atoms with van der Waals surface area (Å²) in [5, 5.41) is 12.3. The molecule has 4 heteroatoms. The van der Waals surface area contributed by atoms with Crippen LogP contribution in [0.3, 0.4) is 0 Å². The zero-order valence-electron chi connectivity index (χ0n) is 10.2. The SMILES string of the molecule is O=C(O)C1CCCC(c2ccc3c(c2)OCC3)N1. The second kappa shape index (κ2) is 4.61. The zero-order valence-corrected chi connectivity index (χ0v) is 10.2. The van der Waals surface area contributed by atoms with Crippen LogP contribution in [0, 0.1) is 0 Å². The fourth-order valence-electron chi connectivity index (χ4n) is 2.79. The molecule has 1 aromatic carbocycles. The van der Waals surface area contributed by atoms with Crippen molar-refractivity contribution < 1.29 is 14.6 Å². The third-order valence-corrected chi connectivity index (χ3v) is 3.81. The maximum atomic E-state index is 11.0. The molecule has 0 bridgehead atoms. The molecule has 1 fully saturated rings. The summed E-state index contributed by atoms with van der Waals surface area (Å²) < 4.78 is 5.56. The zero-order chi connectivity index (χ0) is 12.5. The number of benzene rings is 1. The Morgan fingerprint density at radius 1 is 1.39 bits per heavy atom. The third-order valence-electron chi connectivity index (χ3n) is 3.81. The Morgan fingerprint density at radius 2 is 2.28 bits per heavy atom. The van der Waals surface area contributed by atoms with Crippen molar-refractivity contribution in [3.05, 3.63) is 29.3 Å². The second-order valence-corrected chi connectivity index (χ2v) is 5.01. The largest absolute Gasteiger partial charge is 0.493 e. The summed E-state index contributed by atoms with van der Waals surface area (Å²) in [6, 6.07) is 5.97. The van der Waals surface area contributed by atoms with Crippen LogP contribution in [-0.2, 0) is 11.2 Å². The van der Waals surface area contributed by atoms with E-state index in [0.717, 1.165) is 37.2 Å². The minimum Gasteiger partial charge on any atom is -0.493 e. The number of piperidine rings is 1. The van der Waals surface area contributed by atoms with Gasteiger partial charge in [0.1, 0.15) is 11.8 Å². The standard InChI is InChI=1S/C14H17NO3/c16-14(17)12-3-1-2-11(15-12)10-5-4-9-6-7-18-13(9)8-10/h4-5,8,11-12,15H,1-3,6-7H2,(H,16,17). The minimum absolute atomic E-state index is 0.134. The molecule has 2 unspecified atom stereocenters. The van der Waals surface area contributed by atoms with E-state index in [1.54, 1.807) is 0 Å². The molecule has 0 aliphatic carbocycles. The Balaban J connectivity index is 1.80. The Hall–Kier alpha value is -1.55. The highest BCUT2D eigenvalue weighted by Crippen LogP contribution is 2.32. The van der Waals surface area contributed by atoms with E-state index < -0.39 is 12.0 Å². The second-order valence-electron chi connectivity index (χ2n) is 5.01. The van der Waals surface area contributed by atoms with Gasteiger partial charge in [0, 0.05) is 12.5 Å². The van der Waals surface area contributed by atoms with Crippen molar-refractivity contribution in [2.45, 2.75) is 37.8 Å². The molecule has 3 rings (SSSR count). The van der Waals surface area contributed by atoms with E-state index in [4.69, 9.17) is 9.84 Å². The number of nitrogens with one attached hydrogen (secondary N) is 1. The summed E-state index contributed by atoms with van der Waals surface area (Å²) in [6.07, 6.45) is 3.63. The van der Waals surface area contributed by atoms with Crippen LogP contribution in [-0.4, -0.2) is 23.7 Å². The summed E-state index contributed by atoms with van der Waals surface area (Å²) in [5.74, 6) is 0.212. The van der Waals surface area contributed by atoms with E-state index in [1.807, 2.05) is 0 Å². The van der Waals surface area contributed by atoms with Gasteiger partial charge in [-0.05, 0) is 36.5 Å². The van der Waals surface area contributed by atoms with Crippen molar-refractivity contribution in [1.82, 2.24) is 5.32 Å². The number of carbonyl (C=O) groups is 1. The van der Waals surface area contributed by atoms with Gasteiger partial charge in [0.25, 0.3) is 0 Å². The summed E-state index contributed by atoms with van der Waals surface area (Å²) in [4.78, 5) is 11.0. The van der Waals surface area contributed by atoms with Gasteiger partial charge in [0.05, 0.1) is 6.61 Å². The van der Waals surface area contributed by atoms with E-state index in [2.05, 4.69) is 23.5 Å². The average Bonchev–Trinajstić information content (AvgIpc) is 2.86. The van der Waals surface area contributed by atoms with Crippen molar-refractivity contribution in [3.63, 3.8) is 0 Å². The van der Waals surface area contributed by atoms with Crippen molar-refractivity contribution in [2.24, 2.45) is 0 Å². The molecule has 4 nitrogen and oxygen atoms in total. The molecular formula is C14H17NO3. The van der Waals surface area contributed by atoms with Crippen LogP contribution in [0.4, 0.5) is 0 Å². The number of aliphatic carboxylic acids is 1. The quantitative estimate of drug-likeness (QED) is 0.838. The van der Waals surface area contributed by atoms with Gasteiger partial charge >= 0.3 is 5.97 Å². The van der Waals surface area contributed by atoms with Crippen LogP contribution in [0.5, 0.6) is 5.75 Å². The highest BCUT2D eigenvalue weighted by atomic mass is 16.5. The molecule has 0 amide bonds. The molecule has 2 aliphatic rings. The Kier molecular flexibility index (Phi) is 2.96. The van der Waals surface area contributed by atoms with Crippen LogP contribution < -0.4 is 10.1 Å². The molecule has 0 spiro atoms. The van der Waals surface area contributed by atoms with Gasteiger partial charge in [-0.1, -0.05) is 12.1 Å². The molecule has 1 saturated heterocycles. The number of hydrogen-bond donors (Lipinski definition) is 2. The van der Waals surface area contributed by atoms with Crippen molar-refractivity contribution in [3.8, 4) is 5.75 Å². The lowest BCUT2D eigenvalue weighted by molar-refractivity contribution is -0.140. The molecule has 2 aliphatic heterocycles. The monoisotopic (exact) mass is 247 g/mol. The topological polar surface area (TPSA) is 58.6 Å². The van der Waals surface area contributed by atoms with Gasteiger partial charge < -0.3 is 9.84 Å². The van der Waals surface area contributed by atoms with Crippen LogP contribution in [0.25, 0.3) is 0 Å². The number of hydrogen-bond acceptors (Lipinski definition) is 3. The van der Waals surface area contributed by atoms with E-state index >= 15 is 0 Å². The van der Waals surface area contributed by atoms with E-state index in [-0.39, 0.29) is 6.04 Å². The predicted molar refractivity (Wildman–Crippen MR) is 66.8 cm³/mol.